The number of aliphatic hydroxyl groups is 1. The van der Waals surface area contributed by atoms with Crippen molar-refractivity contribution in [3.05, 3.63) is 46.5 Å². The monoisotopic (exact) mass is 979 g/mol. The van der Waals surface area contributed by atoms with Gasteiger partial charge in [-0.1, -0.05) is 70.8 Å². The van der Waals surface area contributed by atoms with Crippen LogP contribution in [0.4, 0.5) is 10.5 Å². The lowest BCUT2D eigenvalue weighted by Crippen LogP contribution is -2.63. The van der Waals surface area contributed by atoms with Gasteiger partial charge in [-0.3, -0.25) is 34.2 Å². The summed E-state index contributed by atoms with van der Waals surface area (Å²) in [5.74, 6) is -1.98. The molecule has 364 valence electrons. The van der Waals surface area contributed by atoms with Gasteiger partial charge in [-0.05, 0) is 44.9 Å². The van der Waals surface area contributed by atoms with Crippen molar-refractivity contribution in [2.45, 2.75) is 115 Å². The largest absolute Gasteiger partial charge is 0.495 e. The number of ether oxygens (including phenoxy) is 5. The molecule has 3 N–H and O–H groups in total. The standard InChI is InChI=1S/C45H62ClN5O13S2/c1-25-11-10-12-33(61-9)45(59)24-32(62-43(58)48-45)27(3)40-44(5,64-40)34(23-37(54)50(7)30-21-29(19-25)22-31(60-8)39(30)46)63-42(57)28(4)49(6)36(53)14-17-65-66-18-15-47-35(52)13-16-51-38(55)20-26(2)41(51)56/h10-12,21-22,26-28,32-34,40,59H,13-20,23-24H2,1-9H3,(H,47,52)(H,48,58)/b12-10+,25-11+/t26?,27-,28+,32+,33-,34+,40+,44+,45+/m1/s1. The van der Waals surface area contributed by atoms with Gasteiger partial charge in [0, 0.05) is 83.3 Å². The Hall–Kier alpha value is -4.34. The minimum absolute atomic E-state index is 0.0228. The van der Waals surface area contributed by atoms with Crippen molar-refractivity contribution >= 4 is 80.5 Å². The molecule has 0 aromatic heterocycles. The Labute approximate surface area is 398 Å². The Morgan fingerprint density at radius 2 is 1.80 bits per heavy atom. The summed E-state index contributed by atoms with van der Waals surface area (Å²) in [6.07, 6.45) is 0.882. The van der Waals surface area contributed by atoms with E-state index < -0.39 is 65.7 Å². The number of alkyl carbamates (subject to hydrolysis) is 1. The van der Waals surface area contributed by atoms with E-state index in [2.05, 4.69) is 10.6 Å². The van der Waals surface area contributed by atoms with Gasteiger partial charge in [0.2, 0.25) is 29.5 Å². The molecule has 1 aromatic carbocycles. The number of nitrogens with zero attached hydrogens (tertiary/aromatic N) is 3. The number of nitrogens with one attached hydrogen (secondary N) is 2. The van der Waals surface area contributed by atoms with Crippen LogP contribution in [-0.2, 0) is 54.1 Å². The van der Waals surface area contributed by atoms with Gasteiger partial charge >= 0.3 is 12.1 Å². The predicted octanol–water partition coefficient (Wildman–Crippen LogP) is 4.19. The SMILES string of the molecule is COc1cc2cc(c1Cl)N(C)C(=O)C[C@H](OC(=O)[C@H](C)N(C)C(=O)CCSSCCNC(=O)CCN1C(=O)CC(C)C1=O)[C@]1(C)O[C@H]1[C@H](C)[C@@H]1C[C@@](O)(NC(=O)O1)[C@H](OC)/C=C/C=C(\C)C2. The number of anilines is 1. The second-order valence-electron chi connectivity index (χ2n) is 17.4. The number of esters is 1. The molecule has 1 aromatic rings. The average Bonchev–Trinajstić information content (AvgIpc) is 3.90. The number of hydrogen-bond donors (Lipinski definition) is 3. The highest BCUT2D eigenvalue weighted by Crippen LogP contribution is 2.49. The van der Waals surface area contributed by atoms with Gasteiger partial charge in [-0.2, -0.15) is 0 Å². The summed E-state index contributed by atoms with van der Waals surface area (Å²) in [6, 6.07) is 2.49. The first-order chi connectivity index (χ1) is 31.1. The van der Waals surface area contributed by atoms with Gasteiger partial charge in [0.05, 0.1) is 25.3 Å². The van der Waals surface area contributed by atoms with Crippen molar-refractivity contribution in [1.29, 1.82) is 0 Å². The highest BCUT2D eigenvalue weighted by molar-refractivity contribution is 8.76. The quantitative estimate of drug-likeness (QED) is 0.0738. The van der Waals surface area contributed by atoms with Crippen LogP contribution in [0.1, 0.15) is 72.3 Å². The molecule has 4 aliphatic heterocycles. The third kappa shape index (κ3) is 12.6. The second-order valence-corrected chi connectivity index (χ2v) is 20.5. The molecule has 9 atom stereocenters. The maximum Gasteiger partial charge on any atom is 0.409 e. The van der Waals surface area contributed by atoms with Crippen molar-refractivity contribution in [2.75, 3.05) is 57.8 Å². The van der Waals surface area contributed by atoms with Crippen LogP contribution in [0.5, 0.6) is 5.75 Å². The first-order valence-electron chi connectivity index (χ1n) is 21.8. The van der Waals surface area contributed by atoms with Gasteiger partial charge in [0.1, 0.15) is 40.7 Å². The average molecular weight is 981 g/mol. The second kappa shape index (κ2) is 22.6. The van der Waals surface area contributed by atoms with Crippen molar-refractivity contribution in [2.24, 2.45) is 11.8 Å². The van der Waals surface area contributed by atoms with Crippen molar-refractivity contribution in [1.82, 2.24) is 20.4 Å². The van der Waals surface area contributed by atoms with E-state index in [1.165, 1.54) is 59.6 Å². The summed E-state index contributed by atoms with van der Waals surface area (Å²) < 4.78 is 29.3. The van der Waals surface area contributed by atoms with Crippen LogP contribution in [0.15, 0.2) is 35.9 Å². The molecule has 0 saturated carbocycles. The molecule has 5 rings (SSSR count). The Kier molecular flexibility index (Phi) is 18.1. The molecule has 66 heavy (non-hydrogen) atoms. The molecule has 0 aliphatic carbocycles. The number of rotatable bonds is 15. The van der Waals surface area contributed by atoms with Gasteiger partial charge in [0.15, 0.2) is 5.72 Å². The van der Waals surface area contributed by atoms with Crippen LogP contribution in [0.2, 0.25) is 5.02 Å². The molecule has 6 amide bonds. The number of epoxide rings is 1. The molecule has 1 unspecified atom stereocenters. The van der Waals surface area contributed by atoms with E-state index in [1.54, 1.807) is 52.1 Å². The van der Waals surface area contributed by atoms with Gasteiger partial charge in [-0.25, -0.2) is 9.59 Å². The van der Waals surface area contributed by atoms with Crippen molar-refractivity contribution in [3.63, 3.8) is 0 Å². The van der Waals surface area contributed by atoms with Crippen LogP contribution >= 0.6 is 33.2 Å². The molecule has 3 fully saturated rings. The van der Waals surface area contributed by atoms with Gasteiger partial charge in [-0.15, -0.1) is 0 Å². The van der Waals surface area contributed by atoms with Crippen molar-refractivity contribution < 1.29 is 62.4 Å². The van der Waals surface area contributed by atoms with Crippen LogP contribution in [0.3, 0.4) is 0 Å². The molecule has 0 spiro atoms. The summed E-state index contributed by atoms with van der Waals surface area (Å²) in [5.41, 5.74) is -1.08. The number of allylic oxidation sites excluding steroid dienone is 3. The minimum atomic E-state index is -1.86. The Balaban J connectivity index is 1.25. The Morgan fingerprint density at radius 1 is 1.09 bits per heavy atom. The minimum Gasteiger partial charge on any atom is -0.495 e. The number of likely N-dealkylation sites (tertiary alicyclic amines) is 1. The molecular weight excluding hydrogens is 918 g/mol. The topological polar surface area (TPSA) is 223 Å². The Morgan fingerprint density at radius 3 is 2.47 bits per heavy atom. The number of fused-ring (bicyclic) bond motifs is 5. The number of imide groups is 1. The number of halogens is 1. The maximum atomic E-state index is 14.3. The van der Waals surface area contributed by atoms with Crippen LogP contribution in [0.25, 0.3) is 0 Å². The van der Waals surface area contributed by atoms with E-state index in [4.69, 9.17) is 35.3 Å². The van der Waals surface area contributed by atoms with E-state index in [1.807, 2.05) is 13.0 Å². The summed E-state index contributed by atoms with van der Waals surface area (Å²) in [5, 5.41) is 17.3. The van der Waals surface area contributed by atoms with Crippen LogP contribution in [0, 0.1) is 11.8 Å². The van der Waals surface area contributed by atoms with Gasteiger partial charge < -0.3 is 43.9 Å². The van der Waals surface area contributed by atoms with E-state index in [-0.39, 0.29) is 73.2 Å². The number of carbonyl (C=O) groups is 7. The van der Waals surface area contributed by atoms with Gasteiger partial charge in [0.25, 0.3) is 0 Å². The fourth-order valence-corrected chi connectivity index (χ4v) is 10.5. The number of amides is 6. The lowest BCUT2D eigenvalue weighted by molar-refractivity contribution is -0.162. The maximum absolute atomic E-state index is 14.3. The predicted molar refractivity (Wildman–Crippen MR) is 249 cm³/mol. The highest BCUT2D eigenvalue weighted by Gasteiger charge is 2.64. The lowest BCUT2D eigenvalue weighted by atomic mass is 9.83. The summed E-state index contributed by atoms with van der Waals surface area (Å²) >= 11 is 6.79. The fourth-order valence-electron chi connectivity index (χ4n) is 8.26. The number of benzene rings is 1. The third-order valence-electron chi connectivity index (χ3n) is 12.5. The van der Waals surface area contributed by atoms with Crippen molar-refractivity contribution in [3.8, 4) is 5.75 Å². The molecular formula is C45H62ClN5O13S2. The van der Waals surface area contributed by atoms with E-state index in [9.17, 15) is 38.7 Å². The summed E-state index contributed by atoms with van der Waals surface area (Å²) in [4.78, 5) is 94.5. The number of carbonyl (C=O) groups excluding carboxylic acids is 7. The first kappa shape index (κ1) is 52.6. The number of methoxy groups -OCH3 is 2. The van der Waals surface area contributed by atoms with Crippen LogP contribution < -0.4 is 20.3 Å². The zero-order chi connectivity index (χ0) is 48.7. The highest BCUT2D eigenvalue weighted by atomic mass is 35.5. The van der Waals surface area contributed by atoms with E-state index in [0.717, 1.165) is 16.0 Å². The van der Waals surface area contributed by atoms with Crippen LogP contribution in [-0.4, -0.2) is 151 Å². The fraction of sp³-hybridized carbons (Fsp3) is 0.622. The molecule has 4 aliphatic rings. The molecule has 21 heteroatoms. The molecule has 18 nitrogen and oxygen atoms in total. The number of likely N-dealkylation sites (N-methyl/N-ethyl adjacent to an activating group) is 1. The smallest absolute Gasteiger partial charge is 0.409 e. The number of hydrogen-bond acceptors (Lipinski definition) is 15. The summed E-state index contributed by atoms with van der Waals surface area (Å²) in [7, 11) is 8.83. The summed E-state index contributed by atoms with van der Waals surface area (Å²) in [6.45, 7) is 9.01. The molecule has 3 saturated heterocycles. The molecule has 4 bridgehead atoms. The molecule has 4 heterocycles. The zero-order valence-corrected chi connectivity index (χ0v) is 41.3. The van der Waals surface area contributed by atoms with E-state index >= 15 is 0 Å². The molecule has 0 radical (unpaired) electrons. The first-order valence-corrected chi connectivity index (χ1v) is 24.7. The normalized spacial score (nSPS) is 29.7. The van der Waals surface area contributed by atoms with E-state index in [0.29, 0.717) is 35.9 Å². The zero-order valence-electron chi connectivity index (χ0n) is 38.9. The third-order valence-corrected chi connectivity index (χ3v) is 15.3. The Bertz CT molecular complexity index is 2090. The lowest BCUT2D eigenvalue weighted by Gasteiger charge is -2.42.